The molecule has 1 aliphatic heterocycles. The van der Waals surface area contributed by atoms with Gasteiger partial charge in [0.2, 0.25) is 0 Å². The Kier molecular flexibility index (Phi) is 5.42. The molecule has 0 atom stereocenters. The second kappa shape index (κ2) is 8.52. The van der Waals surface area contributed by atoms with E-state index < -0.39 is 39.0 Å². The van der Waals surface area contributed by atoms with Gasteiger partial charge in [-0.25, -0.2) is 0 Å². The van der Waals surface area contributed by atoms with Crippen LogP contribution < -0.4 is 14.9 Å². The summed E-state index contributed by atoms with van der Waals surface area (Å²) in [5.74, 6) is -0.622. The number of aromatic amines is 1. The number of nitrogens with one attached hydrogen (secondary N) is 2. The van der Waals surface area contributed by atoms with Gasteiger partial charge < -0.3 is 19.1 Å². The minimum Gasteiger partial charge on any atom is -0.357 e. The lowest BCUT2D eigenvalue weighted by Gasteiger charge is -2.32. The highest BCUT2D eigenvalue weighted by molar-refractivity contribution is 7.81. The minimum atomic E-state index is -5.45. The van der Waals surface area contributed by atoms with Gasteiger partial charge in [0, 0.05) is 41.1 Å². The third-order valence-electron chi connectivity index (χ3n) is 6.67. The van der Waals surface area contributed by atoms with Crippen molar-refractivity contribution in [1.82, 2.24) is 19.9 Å². The molecule has 0 unspecified atom stereocenters. The Labute approximate surface area is 216 Å². The predicted molar refractivity (Wildman–Crippen MR) is 133 cm³/mol. The van der Waals surface area contributed by atoms with E-state index >= 15 is 0 Å². The number of benzene rings is 2. The first kappa shape index (κ1) is 24.8. The van der Waals surface area contributed by atoms with Crippen molar-refractivity contribution in [2.45, 2.75) is 12.2 Å². The van der Waals surface area contributed by atoms with Crippen molar-refractivity contribution in [2.24, 2.45) is 0 Å². The molecule has 6 rings (SSSR count). The molecule has 2 N–H and O–H groups in total. The van der Waals surface area contributed by atoms with Gasteiger partial charge in [-0.3, -0.25) is 9.78 Å². The maximum atomic E-state index is 14.3. The number of hydrogen-bond acceptors (Lipinski definition) is 7. The Bertz CT molecular complexity index is 2040. The molecule has 0 radical (unpaired) electrons. The number of aromatic nitrogens is 3. The maximum Gasteiger partial charge on any atom is 0.488 e. The van der Waals surface area contributed by atoms with Crippen LogP contribution in [-0.4, -0.2) is 36.0 Å². The number of alkyl halides is 3. The molecule has 0 aliphatic carbocycles. The number of fused-ring (bicyclic) bond motifs is 4. The highest BCUT2D eigenvalue weighted by atomic mass is 32.3. The molecule has 1 fully saturated rings. The lowest BCUT2D eigenvalue weighted by Crippen LogP contribution is -2.44. The molecule has 0 bridgehead atoms. The number of halogens is 4. The molecular formula is C25H15F4N5O4S. The SMILES string of the molecule is N#Cc1ccc2c(c1)[nH]c1c2c(=O)c2cc(C(F)(F)F)c(-c3cncc(OS(=O)(=O)F)c3)cc2n1C1CNC1. The van der Waals surface area contributed by atoms with Crippen LogP contribution in [0.4, 0.5) is 17.1 Å². The zero-order chi connectivity index (χ0) is 27.7. The molecule has 9 nitrogen and oxygen atoms in total. The van der Waals surface area contributed by atoms with Crippen molar-refractivity contribution in [3.63, 3.8) is 0 Å². The normalized spacial score (nSPS) is 14.5. The van der Waals surface area contributed by atoms with E-state index in [0.717, 1.165) is 24.5 Å². The largest absolute Gasteiger partial charge is 0.488 e. The van der Waals surface area contributed by atoms with E-state index in [0.29, 0.717) is 35.2 Å². The molecule has 5 aromatic rings. The van der Waals surface area contributed by atoms with Crippen molar-refractivity contribution in [1.29, 1.82) is 5.26 Å². The average molecular weight is 557 g/mol. The van der Waals surface area contributed by atoms with E-state index in [-0.39, 0.29) is 27.9 Å². The van der Waals surface area contributed by atoms with Gasteiger partial charge >= 0.3 is 16.7 Å². The molecule has 14 heteroatoms. The second-order valence-electron chi connectivity index (χ2n) is 9.03. The first-order valence-corrected chi connectivity index (χ1v) is 12.7. The summed E-state index contributed by atoms with van der Waals surface area (Å²) in [5.41, 5.74) is -1.01. The van der Waals surface area contributed by atoms with Gasteiger partial charge in [0.1, 0.15) is 5.65 Å². The van der Waals surface area contributed by atoms with Crippen molar-refractivity contribution < 1.29 is 29.7 Å². The molecule has 3 aromatic heterocycles. The van der Waals surface area contributed by atoms with E-state index in [9.17, 15) is 35.5 Å². The Morgan fingerprint density at radius 2 is 1.87 bits per heavy atom. The zero-order valence-electron chi connectivity index (χ0n) is 19.5. The van der Waals surface area contributed by atoms with E-state index in [1.54, 1.807) is 16.7 Å². The summed E-state index contributed by atoms with van der Waals surface area (Å²) >= 11 is 0. The third kappa shape index (κ3) is 4.16. The van der Waals surface area contributed by atoms with Gasteiger partial charge in [-0.05, 0) is 35.9 Å². The van der Waals surface area contributed by atoms with Crippen LogP contribution in [-0.2, 0) is 16.7 Å². The van der Waals surface area contributed by atoms with Gasteiger partial charge in [0.15, 0.2) is 11.2 Å². The van der Waals surface area contributed by atoms with Crippen LogP contribution in [0.25, 0.3) is 44.0 Å². The molecule has 39 heavy (non-hydrogen) atoms. The van der Waals surface area contributed by atoms with Crippen LogP contribution in [0, 0.1) is 11.3 Å². The molecule has 1 aliphatic rings. The molecule has 0 saturated carbocycles. The lowest BCUT2D eigenvalue weighted by molar-refractivity contribution is -0.137. The summed E-state index contributed by atoms with van der Waals surface area (Å²) in [7, 11) is -5.45. The monoisotopic (exact) mass is 557 g/mol. The lowest BCUT2D eigenvalue weighted by atomic mass is 9.96. The summed E-state index contributed by atoms with van der Waals surface area (Å²) in [6.45, 7) is 0.975. The van der Waals surface area contributed by atoms with E-state index in [4.69, 9.17) is 0 Å². The first-order chi connectivity index (χ1) is 18.4. The maximum absolute atomic E-state index is 14.3. The fourth-order valence-electron chi connectivity index (χ4n) is 4.92. The van der Waals surface area contributed by atoms with Crippen molar-refractivity contribution in [3.05, 3.63) is 70.1 Å². The quantitative estimate of drug-likeness (QED) is 0.249. The van der Waals surface area contributed by atoms with E-state index in [1.165, 1.54) is 12.1 Å². The fourth-order valence-corrected chi connectivity index (χ4v) is 5.24. The van der Waals surface area contributed by atoms with Crippen molar-refractivity contribution >= 4 is 43.3 Å². The van der Waals surface area contributed by atoms with Gasteiger partial charge in [-0.15, -0.1) is 0 Å². The van der Waals surface area contributed by atoms with Crippen LogP contribution in [0.3, 0.4) is 0 Å². The number of pyridine rings is 2. The van der Waals surface area contributed by atoms with Crippen LogP contribution in [0.15, 0.2) is 53.6 Å². The van der Waals surface area contributed by atoms with Crippen LogP contribution in [0.1, 0.15) is 17.2 Å². The third-order valence-corrected chi connectivity index (χ3v) is 7.06. The Morgan fingerprint density at radius 3 is 2.51 bits per heavy atom. The highest BCUT2D eigenvalue weighted by Crippen LogP contribution is 2.41. The summed E-state index contributed by atoms with van der Waals surface area (Å²) in [6.07, 6.45) is -3.03. The Morgan fingerprint density at radius 1 is 1.10 bits per heavy atom. The van der Waals surface area contributed by atoms with Crippen LogP contribution in [0.2, 0.25) is 0 Å². The molecule has 4 heterocycles. The summed E-state index contributed by atoms with van der Waals surface area (Å²) in [5, 5.41) is 12.9. The number of H-pyrrole nitrogens is 1. The number of hydrogen-bond donors (Lipinski definition) is 2. The summed E-state index contributed by atoms with van der Waals surface area (Å²) in [4.78, 5) is 20.6. The molecule has 1 saturated heterocycles. The first-order valence-electron chi connectivity index (χ1n) is 11.4. The second-order valence-corrected chi connectivity index (χ2v) is 9.98. The molecule has 198 valence electrons. The molecular weight excluding hydrogens is 542 g/mol. The topological polar surface area (TPSA) is 130 Å². The number of nitriles is 1. The van der Waals surface area contributed by atoms with Crippen LogP contribution in [0.5, 0.6) is 5.75 Å². The van der Waals surface area contributed by atoms with Gasteiger partial charge in [0.05, 0.1) is 40.3 Å². The molecule has 0 amide bonds. The summed E-state index contributed by atoms with van der Waals surface area (Å²) < 4.78 is 83.8. The van der Waals surface area contributed by atoms with E-state index in [1.807, 2.05) is 6.07 Å². The van der Waals surface area contributed by atoms with Gasteiger partial charge in [-0.1, -0.05) is 9.95 Å². The van der Waals surface area contributed by atoms with Gasteiger partial charge in [-0.2, -0.15) is 26.9 Å². The fraction of sp³-hybridized carbons (Fsp3) is 0.160. The minimum absolute atomic E-state index is 0.178. The highest BCUT2D eigenvalue weighted by Gasteiger charge is 2.36. The van der Waals surface area contributed by atoms with Crippen molar-refractivity contribution in [3.8, 4) is 22.9 Å². The zero-order valence-corrected chi connectivity index (χ0v) is 20.3. The predicted octanol–water partition coefficient (Wildman–Crippen LogP) is 4.33. The standard InChI is InChI=1S/C25H15F4N5O4S/c26-25(27,28)19-5-18-21(6-17(19)13-4-15(11-31-8-13)38-39(29,36)37)34(14-9-32-10-14)24-22(23(18)35)16-2-1-12(7-30)3-20(16)33-24/h1-6,8,11,14,32-33H,9-10H2. The summed E-state index contributed by atoms with van der Waals surface area (Å²) in [6, 6.07) is 9.34. The Hall–Kier alpha value is -4.48. The van der Waals surface area contributed by atoms with E-state index in [2.05, 4.69) is 19.5 Å². The molecule has 2 aromatic carbocycles. The van der Waals surface area contributed by atoms with Gasteiger partial charge in [0.25, 0.3) is 0 Å². The number of rotatable bonds is 4. The average Bonchev–Trinajstić information content (AvgIpc) is 3.21. The Balaban J connectivity index is 1.73. The smallest absolute Gasteiger partial charge is 0.357 e. The van der Waals surface area contributed by atoms with Crippen LogP contribution >= 0.6 is 0 Å². The van der Waals surface area contributed by atoms with Crippen molar-refractivity contribution in [2.75, 3.05) is 13.1 Å². The number of nitrogens with zero attached hydrogens (tertiary/aromatic N) is 3. The molecule has 0 spiro atoms.